The van der Waals surface area contributed by atoms with Crippen LogP contribution in [0.15, 0.2) is 30.6 Å². The van der Waals surface area contributed by atoms with E-state index >= 15 is 0 Å². The van der Waals surface area contributed by atoms with Gasteiger partial charge in [-0.15, -0.1) is 21.5 Å². The van der Waals surface area contributed by atoms with Gasteiger partial charge in [0.2, 0.25) is 0 Å². The maximum Gasteiger partial charge on any atom is 0.185 e. The standard InChI is InChI=1S/C22H23N7OS/c1-29(16-8-14-3-2-4-15(9-16)26-14)20-12-24-21(28-27-20)18-6-5-13(7-19(18)30)22-25-11-17(10-23)31-22/h5-7,11-12,14-16,26,30H,2-4,8-9H2,1H3/t14-,15+,16-. The van der Waals surface area contributed by atoms with Gasteiger partial charge in [0.05, 0.1) is 18.0 Å². The van der Waals surface area contributed by atoms with Gasteiger partial charge < -0.3 is 15.3 Å². The Morgan fingerprint density at radius 2 is 1.97 bits per heavy atom. The summed E-state index contributed by atoms with van der Waals surface area (Å²) in [6.07, 6.45) is 9.30. The molecule has 2 aromatic heterocycles. The summed E-state index contributed by atoms with van der Waals surface area (Å²) in [5, 5.41) is 32.6. The molecular weight excluding hydrogens is 410 g/mol. The third kappa shape index (κ3) is 3.96. The zero-order chi connectivity index (χ0) is 21.4. The lowest BCUT2D eigenvalue weighted by molar-refractivity contribution is 0.219. The highest BCUT2D eigenvalue weighted by atomic mass is 32.1. The number of benzene rings is 1. The quantitative estimate of drug-likeness (QED) is 0.644. The third-order valence-electron chi connectivity index (χ3n) is 6.25. The van der Waals surface area contributed by atoms with E-state index in [1.54, 1.807) is 18.3 Å². The maximum atomic E-state index is 10.5. The summed E-state index contributed by atoms with van der Waals surface area (Å²) in [5.41, 5.74) is 1.26. The van der Waals surface area contributed by atoms with E-state index in [0.717, 1.165) is 24.2 Å². The van der Waals surface area contributed by atoms with E-state index in [2.05, 4.69) is 43.5 Å². The number of nitriles is 1. The van der Waals surface area contributed by atoms with Gasteiger partial charge in [0.25, 0.3) is 0 Å². The van der Waals surface area contributed by atoms with Gasteiger partial charge in [-0.05, 0) is 37.8 Å². The van der Waals surface area contributed by atoms with E-state index in [-0.39, 0.29) is 5.75 Å². The summed E-state index contributed by atoms with van der Waals surface area (Å²) in [6.45, 7) is 0. The van der Waals surface area contributed by atoms with Crippen LogP contribution >= 0.6 is 11.3 Å². The molecule has 0 amide bonds. The number of aromatic hydroxyl groups is 1. The molecule has 0 unspecified atom stereocenters. The molecule has 3 atom stereocenters. The minimum Gasteiger partial charge on any atom is -0.507 e. The molecule has 0 spiro atoms. The van der Waals surface area contributed by atoms with Crippen molar-refractivity contribution >= 4 is 17.2 Å². The van der Waals surface area contributed by atoms with Crippen LogP contribution in [0.1, 0.15) is 37.0 Å². The van der Waals surface area contributed by atoms with Gasteiger partial charge in [0.15, 0.2) is 11.6 Å². The summed E-state index contributed by atoms with van der Waals surface area (Å²) in [4.78, 5) is 11.4. The summed E-state index contributed by atoms with van der Waals surface area (Å²) in [5.74, 6) is 1.18. The molecule has 4 heterocycles. The number of anilines is 1. The highest BCUT2D eigenvalue weighted by Gasteiger charge is 2.33. The lowest BCUT2D eigenvalue weighted by Gasteiger charge is -2.43. The van der Waals surface area contributed by atoms with Crippen molar-refractivity contribution in [3.8, 4) is 33.8 Å². The SMILES string of the molecule is CN(c1cnc(-c2ccc(-c3ncc(C#N)s3)cc2O)nn1)[C@@H]1C[C@H]2CCC[C@@H](C1)N2. The molecule has 9 heteroatoms. The monoisotopic (exact) mass is 433 g/mol. The first-order valence-electron chi connectivity index (χ1n) is 10.5. The summed E-state index contributed by atoms with van der Waals surface area (Å²) >= 11 is 1.28. The van der Waals surface area contributed by atoms with Crippen molar-refractivity contribution < 1.29 is 5.11 Å². The Balaban J connectivity index is 1.33. The second-order valence-electron chi connectivity index (χ2n) is 8.24. The molecule has 3 aromatic rings. The Labute approximate surface area is 184 Å². The predicted molar refractivity (Wildman–Crippen MR) is 119 cm³/mol. The number of phenolic OH excluding ortho intramolecular Hbond substituents is 1. The number of nitrogens with zero attached hydrogens (tertiary/aromatic N) is 6. The molecule has 8 nitrogen and oxygen atoms in total. The first kappa shape index (κ1) is 19.8. The van der Waals surface area contributed by atoms with Gasteiger partial charge in [-0.2, -0.15) is 5.26 Å². The largest absolute Gasteiger partial charge is 0.507 e. The number of fused-ring (bicyclic) bond motifs is 2. The van der Waals surface area contributed by atoms with Crippen LogP contribution in [0.5, 0.6) is 5.75 Å². The number of piperidine rings is 2. The Morgan fingerprint density at radius 3 is 2.61 bits per heavy atom. The number of phenols is 1. The number of hydrogen-bond donors (Lipinski definition) is 2. The average Bonchev–Trinajstić information content (AvgIpc) is 3.28. The zero-order valence-corrected chi connectivity index (χ0v) is 18.0. The Bertz CT molecular complexity index is 1110. The van der Waals surface area contributed by atoms with Crippen LogP contribution in [0.2, 0.25) is 0 Å². The van der Waals surface area contributed by atoms with Crippen molar-refractivity contribution in [1.82, 2.24) is 25.5 Å². The highest BCUT2D eigenvalue weighted by molar-refractivity contribution is 7.15. The van der Waals surface area contributed by atoms with Gasteiger partial charge in [-0.3, -0.25) is 0 Å². The van der Waals surface area contributed by atoms with Crippen molar-refractivity contribution in [3.63, 3.8) is 0 Å². The molecule has 0 saturated carbocycles. The van der Waals surface area contributed by atoms with Gasteiger partial charge in [-0.25, -0.2) is 9.97 Å². The second-order valence-corrected chi connectivity index (χ2v) is 9.27. The third-order valence-corrected chi connectivity index (χ3v) is 7.20. The fourth-order valence-electron chi connectivity index (χ4n) is 4.61. The minimum atomic E-state index is 0.0558. The van der Waals surface area contributed by atoms with Crippen molar-refractivity contribution in [2.75, 3.05) is 11.9 Å². The van der Waals surface area contributed by atoms with Crippen LogP contribution in [-0.4, -0.2) is 50.4 Å². The van der Waals surface area contributed by atoms with Crippen LogP contribution in [0.4, 0.5) is 5.82 Å². The highest BCUT2D eigenvalue weighted by Crippen LogP contribution is 2.34. The fraction of sp³-hybridized carbons (Fsp3) is 0.409. The van der Waals surface area contributed by atoms with E-state index < -0.39 is 0 Å². The average molecular weight is 434 g/mol. The van der Waals surface area contributed by atoms with E-state index in [1.807, 2.05) is 6.07 Å². The van der Waals surface area contributed by atoms with Crippen molar-refractivity contribution in [1.29, 1.82) is 5.26 Å². The predicted octanol–water partition coefficient (Wildman–Crippen LogP) is 3.35. The molecule has 31 heavy (non-hydrogen) atoms. The van der Waals surface area contributed by atoms with Crippen molar-refractivity contribution in [2.24, 2.45) is 0 Å². The van der Waals surface area contributed by atoms with Gasteiger partial charge in [-0.1, -0.05) is 12.5 Å². The normalized spacial score (nSPS) is 22.6. The number of hydrogen-bond acceptors (Lipinski definition) is 9. The van der Waals surface area contributed by atoms with E-state index in [4.69, 9.17) is 5.26 Å². The van der Waals surface area contributed by atoms with Gasteiger partial charge >= 0.3 is 0 Å². The molecule has 0 aliphatic carbocycles. The van der Waals surface area contributed by atoms with Crippen LogP contribution in [0.3, 0.4) is 0 Å². The molecule has 2 saturated heterocycles. The molecule has 5 rings (SSSR count). The van der Waals surface area contributed by atoms with Crippen LogP contribution in [0, 0.1) is 11.3 Å². The van der Waals surface area contributed by atoms with Crippen LogP contribution in [-0.2, 0) is 0 Å². The minimum absolute atomic E-state index is 0.0558. The van der Waals surface area contributed by atoms with E-state index in [1.165, 1.54) is 36.8 Å². The smallest absolute Gasteiger partial charge is 0.185 e. The second kappa shape index (κ2) is 8.21. The molecule has 2 fully saturated rings. The number of thiazole rings is 1. The first-order chi connectivity index (χ1) is 15.1. The summed E-state index contributed by atoms with van der Waals surface area (Å²) < 4.78 is 0. The Hall–Kier alpha value is -3.09. The lowest BCUT2D eigenvalue weighted by atomic mass is 9.83. The number of nitrogens with one attached hydrogen (secondary N) is 1. The molecular formula is C22H23N7OS. The van der Waals surface area contributed by atoms with E-state index in [9.17, 15) is 5.11 Å². The number of aromatic nitrogens is 4. The fourth-order valence-corrected chi connectivity index (χ4v) is 5.32. The molecule has 158 valence electrons. The lowest BCUT2D eigenvalue weighted by Crippen LogP contribution is -2.54. The molecule has 2 bridgehead atoms. The van der Waals surface area contributed by atoms with E-state index in [0.29, 0.717) is 39.4 Å². The maximum absolute atomic E-state index is 10.5. The first-order valence-corrected chi connectivity index (χ1v) is 11.3. The van der Waals surface area contributed by atoms with Crippen LogP contribution < -0.4 is 10.2 Å². The Kier molecular flexibility index (Phi) is 5.26. The van der Waals surface area contributed by atoms with Gasteiger partial charge in [0, 0.05) is 30.7 Å². The zero-order valence-electron chi connectivity index (χ0n) is 17.2. The van der Waals surface area contributed by atoms with Gasteiger partial charge in [0.1, 0.15) is 21.7 Å². The van der Waals surface area contributed by atoms with Crippen molar-refractivity contribution in [2.45, 2.75) is 50.2 Å². The molecule has 1 aromatic carbocycles. The molecule has 2 aliphatic heterocycles. The summed E-state index contributed by atoms with van der Waals surface area (Å²) in [7, 11) is 2.06. The topological polar surface area (TPSA) is 111 Å². The molecule has 2 N–H and O–H groups in total. The van der Waals surface area contributed by atoms with Crippen LogP contribution in [0.25, 0.3) is 22.0 Å². The molecule has 0 radical (unpaired) electrons. The van der Waals surface area contributed by atoms with Crippen molar-refractivity contribution in [3.05, 3.63) is 35.5 Å². The molecule has 2 aliphatic rings. The Morgan fingerprint density at radius 1 is 1.16 bits per heavy atom. The number of rotatable bonds is 4. The summed E-state index contributed by atoms with van der Waals surface area (Å²) in [6, 6.07) is 8.91.